The fourth-order valence-corrected chi connectivity index (χ4v) is 3.92. The first-order valence-corrected chi connectivity index (χ1v) is 9.51. The van der Waals surface area contributed by atoms with E-state index in [1.165, 1.54) is 0 Å². The summed E-state index contributed by atoms with van der Waals surface area (Å²) in [5, 5.41) is 4.46. The van der Waals surface area contributed by atoms with Gasteiger partial charge in [-0.25, -0.2) is 9.67 Å². The number of hydrogen-bond acceptors (Lipinski definition) is 5. The number of para-hydroxylation sites is 1. The Kier molecular flexibility index (Phi) is 5.04. The van der Waals surface area contributed by atoms with E-state index in [2.05, 4.69) is 27.2 Å². The molecule has 4 rings (SSSR count). The number of rotatable bonds is 4. The topological polar surface area (TPSA) is 39.0 Å². The van der Waals surface area contributed by atoms with Gasteiger partial charge in [0, 0.05) is 10.9 Å². The van der Waals surface area contributed by atoms with Crippen LogP contribution in [-0.4, -0.2) is 38.1 Å². The Morgan fingerprint density at radius 1 is 1.04 bits per heavy atom. The van der Waals surface area contributed by atoms with Gasteiger partial charge in [0.1, 0.15) is 5.75 Å². The van der Waals surface area contributed by atoms with Gasteiger partial charge in [0.25, 0.3) is 0 Å². The largest absolute Gasteiger partial charge is 0.497 e. The maximum atomic E-state index is 5.54. The Hall–Kier alpha value is -2.57. The maximum Gasteiger partial charge on any atom is 0.209 e. The zero-order valence-electron chi connectivity index (χ0n) is 14.7. The van der Waals surface area contributed by atoms with Crippen LogP contribution in [0.4, 0.5) is 5.69 Å². The van der Waals surface area contributed by atoms with Crippen molar-refractivity contribution in [3.05, 3.63) is 64.8 Å². The van der Waals surface area contributed by atoms with E-state index < -0.39 is 0 Å². The molecule has 0 N–H and O–H groups in total. The molecule has 5 nitrogen and oxygen atoms in total. The minimum Gasteiger partial charge on any atom is -0.497 e. The smallest absolute Gasteiger partial charge is 0.209 e. The highest BCUT2D eigenvalue weighted by molar-refractivity contribution is 7.07. The Balaban J connectivity index is 1.85. The Morgan fingerprint density at radius 2 is 1.85 bits per heavy atom. The third-order valence-corrected chi connectivity index (χ3v) is 5.12. The third-order valence-electron chi connectivity index (χ3n) is 4.30. The van der Waals surface area contributed by atoms with Crippen LogP contribution in [0, 0.1) is 0 Å². The molecule has 2 heterocycles. The monoisotopic (exact) mass is 367 g/mol. The van der Waals surface area contributed by atoms with Crippen molar-refractivity contribution in [2.24, 2.45) is 4.99 Å². The second-order valence-corrected chi connectivity index (χ2v) is 6.80. The highest BCUT2D eigenvalue weighted by atomic mass is 32.1. The molecule has 0 spiro atoms. The minimum atomic E-state index is 0.727. The summed E-state index contributed by atoms with van der Waals surface area (Å²) in [4.78, 5) is 5.83. The summed E-state index contributed by atoms with van der Waals surface area (Å²) in [5.74, 6) is 0.851. The molecular formula is C20H21N3O2S. The summed E-state index contributed by atoms with van der Waals surface area (Å²) >= 11 is 1.65. The lowest BCUT2D eigenvalue weighted by molar-refractivity contribution is 0.111. The molecule has 2 aromatic carbocycles. The number of morpholine rings is 1. The molecule has 26 heavy (non-hydrogen) atoms. The van der Waals surface area contributed by atoms with Gasteiger partial charge in [0.2, 0.25) is 4.80 Å². The summed E-state index contributed by atoms with van der Waals surface area (Å²) < 4.78 is 13.2. The summed E-state index contributed by atoms with van der Waals surface area (Å²) in [5.41, 5.74) is 3.18. The van der Waals surface area contributed by atoms with Gasteiger partial charge < -0.3 is 14.5 Å². The van der Waals surface area contributed by atoms with Crippen molar-refractivity contribution in [2.45, 2.75) is 0 Å². The van der Waals surface area contributed by atoms with Crippen molar-refractivity contribution in [2.75, 3.05) is 38.4 Å². The zero-order valence-corrected chi connectivity index (χ0v) is 15.5. The second kappa shape index (κ2) is 7.76. The summed E-state index contributed by atoms with van der Waals surface area (Å²) in [6.07, 6.45) is 0. The fraction of sp³-hybridized carbons (Fsp3) is 0.250. The predicted molar refractivity (Wildman–Crippen MR) is 105 cm³/mol. The summed E-state index contributed by atoms with van der Waals surface area (Å²) in [6, 6.07) is 18.2. The highest BCUT2D eigenvalue weighted by Gasteiger charge is 2.17. The van der Waals surface area contributed by atoms with Gasteiger partial charge >= 0.3 is 0 Å². The fourth-order valence-electron chi connectivity index (χ4n) is 3.00. The van der Waals surface area contributed by atoms with Crippen LogP contribution in [-0.2, 0) is 4.74 Å². The van der Waals surface area contributed by atoms with E-state index >= 15 is 0 Å². The molecular weight excluding hydrogens is 346 g/mol. The third kappa shape index (κ3) is 3.52. The number of nitrogens with zero attached hydrogens (tertiary/aromatic N) is 3. The van der Waals surface area contributed by atoms with E-state index in [4.69, 9.17) is 14.5 Å². The van der Waals surface area contributed by atoms with Gasteiger partial charge in [0.05, 0.1) is 44.8 Å². The van der Waals surface area contributed by atoms with Crippen LogP contribution in [0.2, 0.25) is 0 Å². The van der Waals surface area contributed by atoms with E-state index in [1.807, 2.05) is 42.5 Å². The normalized spacial score (nSPS) is 15.3. The number of methoxy groups -OCH3 is 1. The molecule has 0 aliphatic carbocycles. The molecule has 1 aliphatic heterocycles. The van der Waals surface area contributed by atoms with Crippen LogP contribution in [0.25, 0.3) is 11.3 Å². The van der Waals surface area contributed by atoms with Gasteiger partial charge in [0.15, 0.2) is 0 Å². The maximum absolute atomic E-state index is 5.54. The molecule has 1 aromatic heterocycles. The Bertz CT molecular complexity index is 927. The SMILES string of the molecule is COc1cccc(-c2csc(=Nc3ccccc3)n2N2CCOCC2)c1. The van der Waals surface area contributed by atoms with Gasteiger partial charge in [-0.15, -0.1) is 11.3 Å². The van der Waals surface area contributed by atoms with Crippen LogP contribution in [0.3, 0.4) is 0 Å². The van der Waals surface area contributed by atoms with E-state index in [-0.39, 0.29) is 0 Å². The first-order chi connectivity index (χ1) is 12.8. The van der Waals surface area contributed by atoms with Crippen molar-refractivity contribution in [1.82, 2.24) is 4.68 Å². The van der Waals surface area contributed by atoms with E-state index in [0.29, 0.717) is 0 Å². The van der Waals surface area contributed by atoms with Gasteiger partial charge in [-0.2, -0.15) is 0 Å². The second-order valence-electron chi connectivity index (χ2n) is 5.96. The first-order valence-electron chi connectivity index (χ1n) is 8.63. The number of thiazole rings is 1. The van der Waals surface area contributed by atoms with Crippen LogP contribution in [0.15, 0.2) is 65.0 Å². The van der Waals surface area contributed by atoms with E-state index in [1.54, 1.807) is 18.4 Å². The van der Waals surface area contributed by atoms with E-state index in [0.717, 1.165) is 53.8 Å². The molecule has 1 saturated heterocycles. The first kappa shape index (κ1) is 16.9. The van der Waals surface area contributed by atoms with Crippen molar-refractivity contribution >= 4 is 17.0 Å². The standard InChI is InChI=1S/C20H21N3O2S/c1-24-18-9-5-6-16(14-18)19-15-26-20(21-17-7-3-2-4-8-17)23(19)22-10-12-25-13-11-22/h2-9,14-15H,10-13H2,1H3. The molecule has 0 radical (unpaired) electrons. The number of hydrogen-bond donors (Lipinski definition) is 0. The van der Waals surface area contributed by atoms with Crippen LogP contribution >= 0.6 is 11.3 Å². The van der Waals surface area contributed by atoms with Crippen LogP contribution in [0.5, 0.6) is 5.75 Å². The molecule has 6 heteroatoms. The molecule has 3 aromatic rings. The lowest BCUT2D eigenvalue weighted by Crippen LogP contribution is -2.48. The van der Waals surface area contributed by atoms with Crippen molar-refractivity contribution in [3.63, 3.8) is 0 Å². The molecule has 0 saturated carbocycles. The van der Waals surface area contributed by atoms with Crippen LogP contribution < -0.4 is 14.5 Å². The Labute approximate surface area is 156 Å². The van der Waals surface area contributed by atoms with Crippen molar-refractivity contribution in [3.8, 4) is 17.0 Å². The molecule has 0 bridgehead atoms. The molecule has 134 valence electrons. The number of ether oxygens (including phenoxy) is 2. The lowest BCUT2D eigenvalue weighted by atomic mass is 10.1. The number of aromatic nitrogens is 1. The summed E-state index contributed by atoms with van der Waals surface area (Å²) in [7, 11) is 1.69. The van der Waals surface area contributed by atoms with Crippen LogP contribution in [0.1, 0.15) is 0 Å². The lowest BCUT2D eigenvalue weighted by Gasteiger charge is -2.31. The highest BCUT2D eigenvalue weighted by Crippen LogP contribution is 2.25. The molecule has 1 aliphatic rings. The van der Waals surface area contributed by atoms with Gasteiger partial charge in [-0.1, -0.05) is 30.3 Å². The minimum absolute atomic E-state index is 0.727. The average molecular weight is 367 g/mol. The predicted octanol–water partition coefficient (Wildman–Crippen LogP) is 3.43. The molecule has 0 unspecified atom stereocenters. The molecule has 1 fully saturated rings. The number of benzene rings is 2. The molecule has 0 amide bonds. The quantitative estimate of drug-likeness (QED) is 0.709. The average Bonchev–Trinajstić information content (AvgIpc) is 3.13. The molecule has 0 atom stereocenters. The zero-order chi connectivity index (χ0) is 17.8. The summed E-state index contributed by atoms with van der Waals surface area (Å²) in [6.45, 7) is 3.14. The van der Waals surface area contributed by atoms with E-state index in [9.17, 15) is 0 Å². The van der Waals surface area contributed by atoms with Crippen molar-refractivity contribution in [1.29, 1.82) is 0 Å². The van der Waals surface area contributed by atoms with Crippen molar-refractivity contribution < 1.29 is 9.47 Å². The Morgan fingerprint density at radius 3 is 2.62 bits per heavy atom. The van der Waals surface area contributed by atoms with Gasteiger partial charge in [-0.05, 0) is 24.3 Å². The van der Waals surface area contributed by atoms with Gasteiger partial charge in [-0.3, -0.25) is 0 Å².